The Kier molecular flexibility index (Phi) is 12.9. The van der Waals surface area contributed by atoms with Gasteiger partial charge in [0.25, 0.3) is 11.7 Å². The SMILES string of the molecule is C=CC.CC.CC1(c2ccccc2)Oc2ccc(C(=O)N3CCCCC3)c(F)c2O1.CC=C(C)C. The summed E-state index contributed by atoms with van der Waals surface area (Å²) >= 11 is 0. The van der Waals surface area contributed by atoms with Crippen molar-refractivity contribution in [2.24, 2.45) is 0 Å². The van der Waals surface area contributed by atoms with E-state index in [0.29, 0.717) is 18.8 Å². The maximum Gasteiger partial charge on any atom is 0.275 e. The van der Waals surface area contributed by atoms with Gasteiger partial charge in [-0.1, -0.05) is 61.9 Å². The van der Waals surface area contributed by atoms with Gasteiger partial charge in [0.2, 0.25) is 5.75 Å². The predicted octanol–water partition coefficient (Wildman–Crippen LogP) is 8.29. The first-order valence-electron chi connectivity index (χ1n) is 12.5. The number of ether oxygens (including phenoxy) is 2. The van der Waals surface area contributed by atoms with E-state index in [0.717, 1.165) is 24.8 Å². The summed E-state index contributed by atoms with van der Waals surface area (Å²) in [5.74, 6) is -1.70. The third-order valence-electron chi connectivity index (χ3n) is 5.41. The molecule has 2 aromatic carbocycles. The van der Waals surface area contributed by atoms with E-state index in [9.17, 15) is 9.18 Å². The monoisotopic (exact) mass is 483 g/mol. The summed E-state index contributed by atoms with van der Waals surface area (Å²) in [7, 11) is 0. The Balaban J connectivity index is 0.000000530. The smallest absolute Gasteiger partial charge is 0.275 e. The fourth-order valence-corrected chi connectivity index (χ4v) is 3.43. The predicted molar refractivity (Wildman–Crippen MR) is 144 cm³/mol. The van der Waals surface area contributed by atoms with Crippen LogP contribution in [0.25, 0.3) is 0 Å². The summed E-state index contributed by atoms with van der Waals surface area (Å²) in [6.45, 7) is 18.5. The highest BCUT2D eigenvalue weighted by Gasteiger charge is 2.41. The van der Waals surface area contributed by atoms with Crippen LogP contribution in [0.1, 0.15) is 83.7 Å². The van der Waals surface area contributed by atoms with Crippen molar-refractivity contribution in [3.8, 4) is 11.5 Å². The van der Waals surface area contributed by atoms with Crippen molar-refractivity contribution in [1.29, 1.82) is 0 Å². The van der Waals surface area contributed by atoms with Gasteiger partial charge in [0.05, 0.1) is 5.56 Å². The molecule has 0 radical (unpaired) electrons. The van der Waals surface area contributed by atoms with Gasteiger partial charge in [-0.25, -0.2) is 4.39 Å². The van der Waals surface area contributed by atoms with Gasteiger partial charge >= 0.3 is 0 Å². The molecule has 1 unspecified atom stereocenters. The number of halogens is 1. The van der Waals surface area contributed by atoms with E-state index in [1.807, 2.05) is 58.0 Å². The number of likely N-dealkylation sites (tertiary alicyclic amines) is 1. The van der Waals surface area contributed by atoms with Crippen LogP contribution >= 0.6 is 0 Å². The molecular formula is C30H42FNO3. The van der Waals surface area contributed by atoms with Crippen LogP contribution in [-0.4, -0.2) is 23.9 Å². The molecule has 2 aliphatic rings. The van der Waals surface area contributed by atoms with Gasteiger partial charge in [-0.15, -0.1) is 6.58 Å². The molecule has 0 saturated carbocycles. The minimum atomic E-state index is -1.10. The van der Waals surface area contributed by atoms with Crippen molar-refractivity contribution in [2.45, 2.75) is 73.5 Å². The second-order valence-corrected chi connectivity index (χ2v) is 8.40. The molecule has 35 heavy (non-hydrogen) atoms. The standard InChI is InChI=1S/C20H20FNO3.C5H10.C3H6.C2H6/c1-20(14-8-4-2-5-9-14)24-16-11-10-15(17(21)18(16)25-20)19(23)22-12-6-3-7-13-22;1-4-5(2)3;1-3-2;1-2/h2,4-5,8-11H,3,6-7,12-13H2,1H3;4H,1-3H3;3H,1H2,2H3;1-2H3. The number of benzene rings is 2. The molecule has 2 heterocycles. The van der Waals surface area contributed by atoms with Gasteiger partial charge in [0.1, 0.15) is 0 Å². The molecule has 0 aromatic heterocycles. The van der Waals surface area contributed by atoms with Crippen LogP contribution in [0.2, 0.25) is 0 Å². The molecule has 0 spiro atoms. The van der Waals surface area contributed by atoms with E-state index < -0.39 is 11.6 Å². The number of carbonyl (C=O) groups excluding carboxylic acids is 1. The summed E-state index contributed by atoms with van der Waals surface area (Å²) in [6, 6.07) is 12.5. The van der Waals surface area contributed by atoms with Crippen molar-refractivity contribution in [3.05, 3.63) is 83.7 Å². The summed E-state index contributed by atoms with van der Waals surface area (Å²) in [6.07, 6.45) is 6.87. The van der Waals surface area contributed by atoms with Crippen molar-refractivity contribution in [2.75, 3.05) is 13.1 Å². The molecule has 1 fully saturated rings. The lowest BCUT2D eigenvalue weighted by Crippen LogP contribution is -2.36. The highest BCUT2D eigenvalue weighted by atomic mass is 19.1. The van der Waals surface area contributed by atoms with Crippen molar-refractivity contribution in [3.63, 3.8) is 0 Å². The van der Waals surface area contributed by atoms with E-state index in [-0.39, 0.29) is 17.2 Å². The molecule has 1 atom stereocenters. The first-order chi connectivity index (χ1) is 16.8. The van der Waals surface area contributed by atoms with Crippen LogP contribution in [0.3, 0.4) is 0 Å². The third-order valence-corrected chi connectivity index (χ3v) is 5.41. The average molecular weight is 484 g/mol. The van der Waals surface area contributed by atoms with E-state index in [2.05, 4.69) is 26.5 Å². The second-order valence-electron chi connectivity index (χ2n) is 8.40. The topological polar surface area (TPSA) is 38.8 Å². The molecule has 1 saturated heterocycles. The Labute approximate surface area is 211 Å². The second kappa shape index (κ2) is 15.0. The molecule has 0 bridgehead atoms. The van der Waals surface area contributed by atoms with E-state index in [1.165, 1.54) is 11.6 Å². The molecule has 4 rings (SSSR count). The van der Waals surface area contributed by atoms with Crippen LogP contribution in [0.15, 0.2) is 66.8 Å². The zero-order valence-corrected chi connectivity index (χ0v) is 22.5. The first-order valence-corrected chi connectivity index (χ1v) is 12.5. The van der Waals surface area contributed by atoms with Crippen molar-refractivity contribution >= 4 is 5.91 Å². The number of nitrogens with zero attached hydrogens (tertiary/aromatic N) is 1. The lowest BCUT2D eigenvalue weighted by atomic mass is 10.1. The molecule has 1 amide bonds. The summed E-state index contributed by atoms with van der Waals surface area (Å²) in [4.78, 5) is 14.4. The van der Waals surface area contributed by atoms with Crippen LogP contribution in [0.4, 0.5) is 4.39 Å². The summed E-state index contributed by atoms with van der Waals surface area (Å²) < 4.78 is 26.7. The van der Waals surface area contributed by atoms with E-state index in [1.54, 1.807) is 24.0 Å². The Hall–Kier alpha value is -3.08. The van der Waals surface area contributed by atoms with Crippen LogP contribution in [-0.2, 0) is 5.79 Å². The lowest BCUT2D eigenvalue weighted by Gasteiger charge is -2.27. The largest absolute Gasteiger partial charge is 0.444 e. The number of amides is 1. The summed E-state index contributed by atoms with van der Waals surface area (Å²) in [5.41, 5.74) is 2.21. The lowest BCUT2D eigenvalue weighted by molar-refractivity contribution is -0.0693. The Morgan fingerprint density at radius 1 is 1.00 bits per heavy atom. The summed E-state index contributed by atoms with van der Waals surface area (Å²) in [5, 5.41) is 0. The van der Waals surface area contributed by atoms with Crippen molar-refractivity contribution in [1.82, 2.24) is 4.90 Å². The van der Waals surface area contributed by atoms with E-state index >= 15 is 0 Å². The molecule has 192 valence electrons. The molecule has 5 heteroatoms. The zero-order valence-electron chi connectivity index (χ0n) is 22.5. The number of fused-ring (bicyclic) bond motifs is 1. The zero-order chi connectivity index (χ0) is 26.4. The fourth-order valence-electron chi connectivity index (χ4n) is 3.43. The van der Waals surface area contributed by atoms with Gasteiger partial charge in [0.15, 0.2) is 11.6 Å². The first kappa shape index (κ1) is 30.0. The third kappa shape index (κ3) is 8.27. The van der Waals surface area contributed by atoms with Crippen LogP contribution in [0, 0.1) is 5.82 Å². The minimum absolute atomic E-state index is 0.00853. The minimum Gasteiger partial charge on any atom is -0.444 e. The number of hydrogen-bond acceptors (Lipinski definition) is 3. The average Bonchev–Trinajstić information content (AvgIpc) is 3.25. The number of carbonyl (C=O) groups is 1. The Morgan fingerprint density at radius 2 is 1.54 bits per heavy atom. The van der Waals surface area contributed by atoms with Gasteiger partial charge in [-0.3, -0.25) is 4.79 Å². The maximum atomic E-state index is 15.0. The van der Waals surface area contributed by atoms with Crippen LogP contribution in [0.5, 0.6) is 11.5 Å². The molecule has 2 aliphatic heterocycles. The fraction of sp³-hybridized carbons (Fsp3) is 0.433. The van der Waals surface area contributed by atoms with Gasteiger partial charge in [-0.05, 0) is 59.1 Å². The Morgan fingerprint density at radius 3 is 2.06 bits per heavy atom. The highest BCUT2D eigenvalue weighted by Crippen LogP contribution is 2.46. The molecule has 4 nitrogen and oxygen atoms in total. The number of hydrogen-bond donors (Lipinski definition) is 0. The van der Waals surface area contributed by atoms with Crippen molar-refractivity contribution < 1.29 is 18.7 Å². The maximum absolute atomic E-state index is 15.0. The Bertz CT molecular complexity index is 961. The highest BCUT2D eigenvalue weighted by molar-refractivity contribution is 5.95. The van der Waals surface area contributed by atoms with E-state index in [4.69, 9.17) is 9.47 Å². The number of piperidine rings is 1. The van der Waals surface area contributed by atoms with Gasteiger partial charge in [-0.2, -0.15) is 0 Å². The van der Waals surface area contributed by atoms with Crippen LogP contribution < -0.4 is 9.47 Å². The van der Waals surface area contributed by atoms with Gasteiger partial charge in [0, 0.05) is 25.6 Å². The molecule has 2 aromatic rings. The molecule has 0 N–H and O–H groups in total. The molecule has 0 aliphatic carbocycles. The van der Waals surface area contributed by atoms with Gasteiger partial charge < -0.3 is 14.4 Å². The quantitative estimate of drug-likeness (QED) is 0.403. The normalized spacial score (nSPS) is 17.3. The molecular weight excluding hydrogens is 441 g/mol. The number of allylic oxidation sites excluding steroid dienone is 3. The number of rotatable bonds is 2.